The Morgan fingerprint density at radius 3 is 2.23 bits per heavy atom. The molecule has 35 heavy (non-hydrogen) atoms. The Balaban J connectivity index is 1.48. The number of ether oxygens (including phenoxy) is 2. The highest BCUT2D eigenvalue weighted by molar-refractivity contribution is 6.30. The van der Waals surface area contributed by atoms with Crippen LogP contribution < -0.4 is 10.6 Å². The number of hydrogen-bond donors (Lipinski definition) is 2. The summed E-state index contributed by atoms with van der Waals surface area (Å²) in [4.78, 5) is 50.1. The molecule has 1 atom stereocenters. The third kappa shape index (κ3) is 6.47. The van der Waals surface area contributed by atoms with Crippen LogP contribution in [0.1, 0.15) is 78.8 Å². The minimum atomic E-state index is -0.773. The predicted octanol–water partition coefficient (Wildman–Crippen LogP) is 4.50. The van der Waals surface area contributed by atoms with E-state index < -0.39 is 23.7 Å². The molecule has 0 heterocycles. The number of ketones is 2. The monoisotopic (exact) mass is 480 g/mol. The second kappa shape index (κ2) is 11.2. The molecular weight excluding hydrogens is 448 g/mol. The number of hydrogen-bond acceptors (Lipinski definition) is 7. The van der Waals surface area contributed by atoms with E-state index >= 15 is 0 Å². The Labute approximate surface area is 205 Å². The van der Waals surface area contributed by atoms with Gasteiger partial charge in [-0.25, -0.2) is 9.59 Å². The van der Waals surface area contributed by atoms with Crippen molar-refractivity contribution in [2.75, 3.05) is 18.5 Å². The lowest BCUT2D eigenvalue weighted by Crippen LogP contribution is -2.44. The van der Waals surface area contributed by atoms with Gasteiger partial charge in [0, 0.05) is 28.9 Å². The van der Waals surface area contributed by atoms with Crippen LogP contribution in [-0.4, -0.2) is 48.4 Å². The normalized spacial score (nSPS) is 13.4. The number of unbranched alkanes of at least 4 members (excludes halogenated alkanes) is 1. The summed E-state index contributed by atoms with van der Waals surface area (Å²) in [6.07, 6.45) is 0.986. The van der Waals surface area contributed by atoms with Gasteiger partial charge in [-0.3, -0.25) is 9.59 Å². The van der Waals surface area contributed by atoms with E-state index in [2.05, 4.69) is 10.6 Å². The molecule has 0 spiro atoms. The quantitative estimate of drug-likeness (QED) is 0.343. The number of alkyl carbamates (subject to hydrolysis) is 1. The molecule has 0 unspecified atom stereocenters. The van der Waals surface area contributed by atoms with Gasteiger partial charge in [-0.2, -0.15) is 0 Å². The Morgan fingerprint density at radius 1 is 0.914 bits per heavy atom. The van der Waals surface area contributed by atoms with Crippen LogP contribution in [0.25, 0.3) is 0 Å². The van der Waals surface area contributed by atoms with Crippen molar-refractivity contribution in [2.45, 2.75) is 58.6 Å². The molecule has 0 saturated heterocycles. The van der Waals surface area contributed by atoms with Gasteiger partial charge in [0.15, 0.2) is 11.6 Å². The Hall–Kier alpha value is -3.68. The van der Waals surface area contributed by atoms with Crippen molar-refractivity contribution in [3.63, 3.8) is 0 Å². The molecule has 0 bridgehead atoms. The van der Waals surface area contributed by atoms with Crippen molar-refractivity contribution in [3.8, 4) is 0 Å². The average molecular weight is 481 g/mol. The highest BCUT2D eigenvalue weighted by Crippen LogP contribution is 2.31. The molecule has 0 fully saturated rings. The first kappa shape index (κ1) is 25.9. The van der Waals surface area contributed by atoms with Crippen molar-refractivity contribution in [3.05, 3.63) is 64.7 Å². The van der Waals surface area contributed by atoms with Gasteiger partial charge in [-0.15, -0.1) is 0 Å². The Bertz CT molecular complexity index is 1120. The van der Waals surface area contributed by atoms with Gasteiger partial charge < -0.3 is 20.1 Å². The summed E-state index contributed by atoms with van der Waals surface area (Å²) in [5, 5.41) is 5.77. The predicted molar refractivity (Wildman–Crippen MR) is 132 cm³/mol. The zero-order valence-electron chi connectivity index (χ0n) is 20.6. The van der Waals surface area contributed by atoms with E-state index in [0.29, 0.717) is 53.7 Å². The fourth-order valence-electron chi connectivity index (χ4n) is 3.79. The van der Waals surface area contributed by atoms with Crippen molar-refractivity contribution >= 4 is 29.3 Å². The van der Waals surface area contributed by atoms with E-state index in [9.17, 15) is 19.2 Å². The summed E-state index contributed by atoms with van der Waals surface area (Å²) in [6, 6.07) is 11.3. The zero-order chi connectivity index (χ0) is 25.6. The van der Waals surface area contributed by atoms with Crippen molar-refractivity contribution in [2.24, 2.45) is 0 Å². The first-order valence-corrected chi connectivity index (χ1v) is 11.8. The van der Waals surface area contributed by atoms with Gasteiger partial charge in [-0.1, -0.05) is 43.3 Å². The molecule has 2 aromatic rings. The van der Waals surface area contributed by atoms with Crippen LogP contribution in [0.5, 0.6) is 0 Å². The summed E-state index contributed by atoms with van der Waals surface area (Å²) in [7, 11) is 0. The van der Waals surface area contributed by atoms with Gasteiger partial charge in [0.2, 0.25) is 0 Å². The van der Waals surface area contributed by atoms with E-state index in [-0.39, 0.29) is 18.2 Å². The minimum absolute atomic E-state index is 0.156. The molecule has 1 amide bonds. The maximum absolute atomic E-state index is 13.0. The molecule has 2 N–H and O–H groups in total. The van der Waals surface area contributed by atoms with Gasteiger partial charge in [0.05, 0.1) is 12.2 Å². The molecule has 3 rings (SSSR count). The first-order valence-electron chi connectivity index (χ1n) is 11.8. The Morgan fingerprint density at radius 2 is 1.57 bits per heavy atom. The number of nitrogens with one attached hydrogen (secondary N) is 2. The summed E-state index contributed by atoms with van der Waals surface area (Å²) in [6.45, 7) is 7.75. The van der Waals surface area contributed by atoms with Crippen LogP contribution in [0.4, 0.5) is 10.5 Å². The van der Waals surface area contributed by atoms with Crippen LogP contribution in [-0.2, 0) is 14.3 Å². The van der Waals surface area contributed by atoms with E-state index in [4.69, 9.17) is 9.47 Å². The standard InChI is InChI=1S/C27H32N2O6/c1-5-20(29-26(33)35-27(2,3)4)25(32)34-16-9-8-15-28-21-14-10-13-19-22(21)24(31)18-12-7-6-11-17(18)23(19)30/h6-7,10-14,20,28H,5,8-9,15-16H2,1-4H3,(H,29,33)/t20-/m0/s1. The summed E-state index contributed by atoms with van der Waals surface area (Å²) >= 11 is 0. The SMILES string of the molecule is CC[C@H](NC(=O)OC(C)(C)C)C(=O)OCCCCNc1cccc2c1C(=O)c1ccccc1C2=O. The fourth-order valence-corrected chi connectivity index (χ4v) is 3.79. The summed E-state index contributed by atoms with van der Waals surface area (Å²) < 4.78 is 10.5. The highest BCUT2D eigenvalue weighted by Gasteiger charge is 2.31. The van der Waals surface area contributed by atoms with Gasteiger partial charge >= 0.3 is 12.1 Å². The second-order valence-corrected chi connectivity index (χ2v) is 9.34. The lowest BCUT2D eigenvalue weighted by atomic mass is 9.83. The zero-order valence-corrected chi connectivity index (χ0v) is 20.6. The minimum Gasteiger partial charge on any atom is -0.464 e. The van der Waals surface area contributed by atoms with E-state index in [1.165, 1.54) is 0 Å². The van der Waals surface area contributed by atoms with Crippen molar-refractivity contribution < 1.29 is 28.7 Å². The third-order valence-electron chi connectivity index (χ3n) is 5.47. The fraction of sp³-hybridized carbons (Fsp3) is 0.407. The number of benzene rings is 2. The molecule has 186 valence electrons. The van der Waals surface area contributed by atoms with Crippen LogP contribution in [0.15, 0.2) is 42.5 Å². The molecule has 0 aromatic heterocycles. The maximum atomic E-state index is 13.0. The molecule has 1 aliphatic rings. The molecule has 0 aliphatic heterocycles. The van der Waals surface area contributed by atoms with Gasteiger partial charge in [-0.05, 0) is 46.1 Å². The molecule has 8 nitrogen and oxygen atoms in total. The van der Waals surface area contributed by atoms with Crippen LogP contribution in [0.2, 0.25) is 0 Å². The van der Waals surface area contributed by atoms with E-state index in [1.807, 2.05) is 0 Å². The number of carbonyl (C=O) groups excluding carboxylic acids is 4. The maximum Gasteiger partial charge on any atom is 0.408 e. The number of anilines is 1. The number of carbonyl (C=O) groups is 4. The van der Waals surface area contributed by atoms with Gasteiger partial charge in [0.1, 0.15) is 11.6 Å². The second-order valence-electron chi connectivity index (χ2n) is 9.34. The number of esters is 1. The van der Waals surface area contributed by atoms with Crippen LogP contribution in [0, 0.1) is 0 Å². The third-order valence-corrected chi connectivity index (χ3v) is 5.47. The lowest BCUT2D eigenvalue weighted by molar-refractivity contribution is -0.146. The summed E-state index contributed by atoms with van der Waals surface area (Å²) in [5.74, 6) is -0.835. The summed E-state index contributed by atoms with van der Waals surface area (Å²) in [5.41, 5.74) is 1.59. The highest BCUT2D eigenvalue weighted by atomic mass is 16.6. The number of rotatable bonds is 9. The average Bonchev–Trinajstić information content (AvgIpc) is 2.81. The van der Waals surface area contributed by atoms with E-state index in [0.717, 1.165) is 0 Å². The molecule has 8 heteroatoms. The van der Waals surface area contributed by atoms with Crippen molar-refractivity contribution in [1.82, 2.24) is 5.32 Å². The van der Waals surface area contributed by atoms with Crippen LogP contribution in [0.3, 0.4) is 0 Å². The number of fused-ring (bicyclic) bond motifs is 2. The molecule has 1 aliphatic carbocycles. The van der Waals surface area contributed by atoms with Gasteiger partial charge in [0.25, 0.3) is 0 Å². The van der Waals surface area contributed by atoms with Crippen molar-refractivity contribution in [1.29, 1.82) is 0 Å². The molecule has 0 saturated carbocycles. The molecule has 2 aromatic carbocycles. The lowest BCUT2D eigenvalue weighted by Gasteiger charge is -2.22. The largest absolute Gasteiger partial charge is 0.464 e. The number of amides is 1. The smallest absolute Gasteiger partial charge is 0.408 e. The molecule has 0 radical (unpaired) electrons. The Kier molecular flexibility index (Phi) is 8.27. The molecular formula is C27H32N2O6. The topological polar surface area (TPSA) is 111 Å². The van der Waals surface area contributed by atoms with E-state index in [1.54, 1.807) is 70.2 Å². The first-order chi connectivity index (χ1) is 16.6. The van der Waals surface area contributed by atoms with Crippen LogP contribution >= 0.6 is 0 Å².